The fourth-order valence-electron chi connectivity index (χ4n) is 6.84. The van der Waals surface area contributed by atoms with Crippen molar-refractivity contribution in [2.75, 3.05) is 25.6 Å². The minimum absolute atomic E-state index is 0.0455. The fraction of sp³-hybridized carbons (Fsp3) is 0.640. The third kappa shape index (κ3) is 30.7. The molecule has 8 atom stereocenters. The first-order valence-corrected chi connectivity index (χ1v) is 28.0. The van der Waals surface area contributed by atoms with E-state index in [9.17, 15) is 48.6 Å². The van der Waals surface area contributed by atoms with Crippen molar-refractivity contribution in [1.82, 2.24) is 9.55 Å². The number of nitrogen functional groups attached to an aromatic ring is 1. The molecule has 0 aliphatic carbocycles. The van der Waals surface area contributed by atoms with Gasteiger partial charge in [0.15, 0.2) is 12.3 Å². The summed E-state index contributed by atoms with van der Waals surface area (Å²) in [4.78, 5) is 61.8. The summed E-state index contributed by atoms with van der Waals surface area (Å²) >= 11 is 0. The molecular formula is C50H81N3O16P2. The molecule has 0 spiro atoms. The average molecular weight is 1040 g/mol. The summed E-state index contributed by atoms with van der Waals surface area (Å²) < 4.78 is 56.6. The van der Waals surface area contributed by atoms with Crippen LogP contribution in [0.25, 0.3) is 0 Å². The number of hydrogen-bond donors (Lipinski definition) is 6. The monoisotopic (exact) mass is 1040 g/mol. The molecule has 0 amide bonds. The third-order valence-electron chi connectivity index (χ3n) is 10.9. The predicted octanol–water partition coefficient (Wildman–Crippen LogP) is 9.08. The third-order valence-corrected chi connectivity index (χ3v) is 13.5. The highest BCUT2D eigenvalue weighted by Crippen LogP contribution is 2.60. The molecule has 21 heteroatoms. The summed E-state index contributed by atoms with van der Waals surface area (Å²) in [5.74, 6) is -1.41. The lowest BCUT2D eigenvalue weighted by Gasteiger charge is -2.21. The summed E-state index contributed by atoms with van der Waals surface area (Å²) in [7, 11) is -10.9. The molecule has 1 aromatic rings. The number of nitrogens with zero attached hydrogens (tertiary/aromatic N) is 2. The molecule has 1 aliphatic heterocycles. The van der Waals surface area contributed by atoms with Crippen LogP contribution < -0.4 is 11.4 Å². The number of aliphatic hydroxyl groups excluding tert-OH is 3. The van der Waals surface area contributed by atoms with Gasteiger partial charge in [-0.1, -0.05) is 119 Å². The van der Waals surface area contributed by atoms with Crippen LogP contribution in [-0.2, 0) is 46.3 Å². The van der Waals surface area contributed by atoms with Crippen molar-refractivity contribution < 1.29 is 71.4 Å². The molecule has 2 heterocycles. The van der Waals surface area contributed by atoms with E-state index in [4.69, 9.17) is 29.0 Å². The number of hydrogen-bond acceptors (Lipinski definition) is 16. The van der Waals surface area contributed by atoms with Crippen molar-refractivity contribution in [2.24, 2.45) is 0 Å². The van der Waals surface area contributed by atoms with Crippen molar-refractivity contribution >= 4 is 33.4 Å². The fourth-order valence-corrected chi connectivity index (χ4v) is 8.95. The van der Waals surface area contributed by atoms with Gasteiger partial charge in [0, 0.05) is 19.0 Å². The zero-order valence-electron chi connectivity index (χ0n) is 41.6. The first kappa shape index (κ1) is 63.3. The van der Waals surface area contributed by atoms with Crippen LogP contribution in [-0.4, -0.2) is 96.9 Å². The SMILES string of the molecule is CCCCC/C=C\C/C=C\CCCCCCCC(=O)OC[C@H](COP(=O)(O)OP(=O)(O)OC[C@H]1O[C@@H](n2ccc(N)nc2=O)[C@H](O)[C@@H]1O)OC(=O)CCC/C=C\C/C=C\C/C=C\C/C=C\CC[C@H](O)CC. The number of anilines is 1. The van der Waals surface area contributed by atoms with Crippen LogP contribution in [0.4, 0.5) is 5.82 Å². The van der Waals surface area contributed by atoms with E-state index in [-0.39, 0.29) is 24.8 Å². The quantitative estimate of drug-likeness (QED) is 0.0155. The summed E-state index contributed by atoms with van der Waals surface area (Å²) in [6.07, 6.45) is 35.0. The molecule has 0 bridgehead atoms. The summed E-state index contributed by atoms with van der Waals surface area (Å²) in [6, 6.07) is 1.24. The number of phosphoric acid groups is 2. The second-order valence-electron chi connectivity index (χ2n) is 17.1. The number of allylic oxidation sites excluding steroid dienone is 12. The number of aromatic nitrogens is 2. The maximum Gasteiger partial charge on any atom is 0.481 e. The number of carbonyl (C=O) groups is 2. The maximum atomic E-state index is 12.8. The smallest absolute Gasteiger partial charge is 0.462 e. The van der Waals surface area contributed by atoms with E-state index in [0.29, 0.717) is 25.7 Å². The minimum Gasteiger partial charge on any atom is -0.462 e. The first-order chi connectivity index (χ1) is 34.1. The molecule has 19 nitrogen and oxygen atoms in total. The number of aliphatic hydroxyl groups is 3. The maximum absolute atomic E-state index is 12.8. The summed E-state index contributed by atoms with van der Waals surface area (Å²) in [6.45, 7) is 1.77. The summed E-state index contributed by atoms with van der Waals surface area (Å²) in [5, 5.41) is 30.5. The lowest BCUT2D eigenvalue weighted by atomic mass is 10.1. The molecule has 1 aliphatic rings. The molecule has 7 N–H and O–H groups in total. The lowest BCUT2D eigenvalue weighted by molar-refractivity contribution is -0.161. The van der Waals surface area contributed by atoms with Gasteiger partial charge in [-0.15, -0.1) is 0 Å². The Morgan fingerprint density at radius 2 is 1.27 bits per heavy atom. The van der Waals surface area contributed by atoms with Gasteiger partial charge in [0.2, 0.25) is 0 Å². The van der Waals surface area contributed by atoms with Crippen LogP contribution in [0.2, 0.25) is 0 Å². The first-order valence-electron chi connectivity index (χ1n) is 25.0. The molecule has 1 fully saturated rings. The molecule has 402 valence electrons. The lowest BCUT2D eigenvalue weighted by Crippen LogP contribution is -2.36. The minimum atomic E-state index is -5.45. The van der Waals surface area contributed by atoms with Gasteiger partial charge in [-0.3, -0.25) is 23.2 Å². The average Bonchev–Trinajstić information content (AvgIpc) is 3.61. The van der Waals surface area contributed by atoms with Crippen LogP contribution in [0.15, 0.2) is 90.0 Å². The van der Waals surface area contributed by atoms with Gasteiger partial charge in [0.25, 0.3) is 0 Å². The number of phosphoric ester groups is 2. The van der Waals surface area contributed by atoms with Crippen LogP contribution in [0.5, 0.6) is 0 Å². The summed E-state index contributed by atoms with van der Waals surface area (Å²) in [5.41, 5.74) is 4.57. The van der Waals surface area contributed by atoms with Crippen molar-refractivity contribution in [2.45, 2.75) is 185 Å². The number of ether oxygens (including phenoxy) is 3. The van der Waals surface area contributed by atoms with Gasteiger partial charge < -0.3 is 45.1 Å². The molecule has 1 aromatic heterocycles. The highest BCUT2D eigenvalue weighted by molar-refractivity contribution is 7.61. The molecule has 71 heavy (non-hydrogen) atoms. The normalized spacial score (nSPS) is 20.2. The second-order valence-corrected chi connectivity index (χ2v) is 20.1. The van der Waals surface area contributed by atoms with Crippen LogP contribution in [0.3, 0.4) is 0 Å². The molecule has 0 aromatic carbocycles. The van der Waals surface area contributed by atoms with Crippen LogP contribution >= 0.6 is 15.6 Å². The van der Waals surface area contributed by atoms with Crippen molar-refractivity contribution in [3.05, 3.63) is 95.7 Å². The largest absolute Gasteiger partial charge is 0.481 e. The Hall–Kier alpha value is -3.84. The Bertz CT molecular complexity index is 1990. The zero-order valence-corrected chi connectivity index (χ0v) is 43.4. The van der Waals surface area contributed by atoms with Crippen molar-refractivity contribution in [3.63, 3.8) is 0 Å². The van der Waals surface area contributed by atoms with Gasteiger partial charge in [-0.2, -0.15) is 9.29 Å². The Balaban J connectivity index is 1.84. The van der Waals surface area contributed by atoms with Crippen LogP contribution in [0.1, 0.15) is 155 Å². The van der Waals surface area contributed by atoms with Gasteiger partial charge in [0.1, 0.15) is 30.7 Å². The van der Waals surface area contributed by atoms with E-state index in [0.717, 1.165) is 87.8 Å². The van der Waals surface area contributed by atoms with Gasteiger partial charge in [-0.05, 0) is 96.0 Å². The predicted molar refractivity (Wildman–Crippen MR) is 271 cm³/mol. The molecule has 0 saturated carbocycles. The van der Waals surface area contributed by atoms with E-state index in [1.54, 1.807) is 0 Å². The Morgan fingerprint density at radius 1 is 0.732 bits per heavy atom. The molecular weight excluding hydrogens is 961 g/mol. The molecule has 2 rings (SSSR count). The zero-order chi connectivity index (χ0) is 52.2. The Labute approximate surface area is 419 Å². The second kappa shape index (κ2) is 37.8. The number of unbranched alkanes of at least 4 members (excludes halogenated alkanes) is 9. The van der Waals surface area contributed by atoms with E-state index in [2.05, 4.69) is 70.9 Å². The van der Waals surface area contributed by atoms with Gasteiger partial charge >= 0.3 is 33.3 Å². The molecule has 2 unspecified atom stereocenters. The standard InChI is InChI=1S/C50H81N3O16P2/c1-3-5-6-7-8-9-10-11-12-16-19-22-25-28-31-34-45(55)64-38-42(67-46(56)35-32-29-26-23-20-17-14-13-15-18-21-24-27-30-33-41(54)4-2)39-65-70(60,61)69-71(62,63)66-40-43-47(57)48(58)49(68-43)53-37-36-44(51)52-50(53)59/h8-9,11-12,14-15,17-18,23-24,26-27,36-37,41-43,47-49,54,57-58H,3-7,10,13,16,19-22,25,28-35,38-40H2,1-2H3,(H,60,61)(H,62,63)(H2,51,52,59)/b9-8-,12-11-,17-14-,18-15-,26-23-,27-24-/t41-,42-,43-,47-,48-,49-/m1/s1. The Morgan fingerprint density at radius 3 is 1.87 bits per heavy atom. The van der Waals surface area contributed by atoms with E-state index >= 15 is 0 Å². The van der Waals surface area contributed by atoms with E-state index in [1.807, 2.05) is 25.2 Å². The highest BCUT2D eigenvalue weighted by atomic mass is 31.3. The molecule has 1 saturated heterocycles. The van der Waals surface area contributed by atoms with Crippen molar-refractivity contribution in [1.29, 1.82) is 0 Å². The topological polar surface area (TPSA) is 286 Å². The molecule has 0 radical (unpaired) electrons. The van der Waals surface area contributed by atoms with Crippen molar-refractivity contribution in [3.8, 4) is 0 Å². The van der Waals surface area contributed by atoms with E-state index < -0.39 is 83.7 Å². The van der Waals surface area contributed by atoms with Gasteiger partial charge in [-0.25, -0.2) is 13.9 Å². The van der Waals surface area contributed by atoms with Gasteiger partial charge in [0.05, 0.1) is 19.3 Å². The number of esters is 2. The number of rotatable bonds is 40. The van der Waals surface area contributed by atoms with E-state index in [1.165, 1.54) is 25.3 Å². The van der Waals surface area contributed by atoms with Crippen LogP contribution in [0, 0.1) is 0 Å². The highest BCUT2D eigenvalue weighted by Gasteiger charge is 2.46. The number of carbonyl (C=O) groups excluding carboxylic acids is 2. The Kier molecular flexibility index (Phi) is 33.7. The number of nitrogens with two attached hydrogens (primary N) is 1.